The van der Waals surface area contributed by atoms with Gasteiger partial charge in [-0.3, -0.25) is 0 Å². The summed E-state index contributed by atoms with van der Waals surface area (Å²) in [4.78, 5) is 15.8. The molecule has 0 saturated carbocycles. The summed E-state index contributed by atoms with van der Waals surface area (Å²) in [7, 11) is 0. The molecule has 0 bridgehead atoms. The third-order valence-corrected chi connectivity index (χ3v) is 3.07. The molecule has 1 aliphatic rings. The SMILES string of the molecule is C=CC(=O)O/N=C1/Cc2cccc3cccc1c23. The van der Waals surface area contributed by atoms with Crippen molar-refractivity contribution in [2.24, 2.45) is 5.16 Å². The monoisotopic (exact) mass is 237 g/mol. The molecule has 1 aliphatic carbocycles. The normalized spacial score (nSPS) is 15.0. The third-order valence-electron chi connectivity index (χ3n) is 3.07. The number of oxime groups is 1. The van der Waals surface area contributed by atoms with Gasteiger partial charge >= 0.3 is 5.97 Å². The second kappa shape index (κ2) is 4.11. The summed E-state index contributed by atoms with van der Waals surface area (Å²) in [5.74, 6) is -0.536. The largest absolute Gasteiger partial charge is 0.358 e. The topological polar surface area (TPSA) is 38.7 Å². The van der Waals surface area contributed by atoms with Crippen LogP contribution in [-0.4, -0.2) is 11.7 Å². The van der Waals surface area contributed by atoms with Crippen molar-refractivity contribution in [1.82, 2.24) is 0 Å². The van der Waals surface area contributed by atoms with Crippen molar-refractivity contribution in [1.29, 1.82) is 0 Å². The Balaban J connectivity index is 2.08. The number of hydrogen-bond donors (Lipinski definition) is 0. The molecule has 3 heteroatoms. The van der Waals surface area contributed by atoms with Gasteiger partial charge in [-0.15, -0.1) is 0 Å². The lowest BCUT2D eigenvalue weighted by molar-refractivity contribution is -0.137. The Labute approximate surface area is 104 Å². The van der Waals surface area contributed by atoms with Crippen LogP contribution < -0.4 is 0 Å². The second-order valence-electron chi connectivity index (χ2n) is 4.15. The van der Waals surface area contributed by atoms with Crippen LogP contribution in [0.15, 0.2) is 54.2 Å². The van der Waals surface area contributed by atoms with Gasteiger partial charge in [0.2, 0.25) is 0 Å². The predicted octanol–water partition coefficient (Wildman–Crippen LogP) is 2.83. The minimum Gasteiger partial charge on any atom is -0.313 e. The summed E-state index contributed by atoms with van der Waals surface area (Å²) in [5, 5.41) is 6.32. The zero-order valence-electron chi connectivity index (χ0n) is 9.72. The minimum absolute atomic E-state index is 0.536. The van der Waals surface area contributed by atoms with Gasteiger partial charge in [-0.1, -0.05) is 48.1 Å². The Morgan fingerprint density at radius 2 is 2.06 bits per heavy atom. The van der Waals surface area contributed by atoms with Gasteiger partial charge in [0.25, 0.3) is 0 Å². The van der Waals surface area contributed by atoms with Crippen LogP contribution in [-0.2, 0) is 16.1 Å². The molecule has 0 radical (unpaired) electrons. The van der Waals surface area contributed by atoms with Crippen LogP contribution in [0.25, 0.3) is 10.8 Å². The molecule has 0 heterocycles. The number of carbonyl (C=O) groups is 1. The molecule has 0 N–H and O–H groups in total. The van der Waals surface area contributed by atoms with Crippen molar-refractivity contribution in [3.05, 3.63) is 60.2 Å². The highest BCUT2D eigenvalue weighted by Gasteiger charge is 2.20. The van der Waals surface area contributed by atoms with Crippen molar-refractivity contribution in [2.75, 3.05) is 0 Å². The highest BCUT2D eigenvalue weighted by atomic mass is 16.7. The van der Waals surface area contributed by atoms with Crippen LogP contribution in [0, 0.1) is 0 Å². The molecule has 0 atom stereocenters. The van der Waals surface area contributed by atoms with E-state index >= 15 is 0 Å². The van der Waals surface area contributed by atoms with Gasteiger partial charge in [-0.25, -0.2) is 4.79 Å². The fourth-order valence-electron chi connectivity index (χ4n) is 2.30. The van der Waals surface area contributed by atoms with E-state index in [1.165, 1.54) is 16.3 Å². The van der Waals surface area contributed by atoms with E-state index in [1.54, 1.807) is 0 Å². The van der Waals surface area contributed by atoms with Gasteiger partial charge < -0.3 is 4.84 Å². The Morgan fingerprint density at radius 3 is 2.83 bits per heavy atom. The summed E-state index contributed by atoms with van der Waals surface area (Å²) in [6.45, 7) is 3.34. The van der Waals surface area contributed by atoms with Gasteiger partial charge in [0.15, 0.2) is 0 Å². The molecule has 18 heavy (non-hydrogen) atoms. The van der Waals surface area contributed by atoms with Gasteiger partial charge in [0.1, 0.15) is 0 Å². The van der Waals surface area contributed by atoms with Gasteiger partial charge in [-0.05, 0) is 16.3 Å². The predicted molar refractivity (Wildman–Crippen MR) is 70.5 cm³/mol. The van der Waals surface area contributed by atoms with E-state index in [2.05, 4.69) is 29.9 Å². The molecule has 0 aliphatic heterocycles. The molecule has 3 rings (SSSR count). The van der Waals surface area contributed by atoms with Crippen molar-refractivity contribution in [3.8, 4) is 0 Å². The van der Waals surface area contributed by atoms with E-state index in [9.17, 15) is 4.79 Å². The average Bonchev–Trinajstić information content (AvgIpc) is 2.77. The molecule has 3 nitrogen and oxygen atoms in total. The minimum atomic E-state index is -0.536. The summed E-state index contributed by atoms with van der Waals surface area (Å²) < 4.78 is 0. The molecule has 0 saturated heterocycles. The zero-order chi connectivity index (χ0) is 12.5. The number of hydrogen-bond acceptors (Lipinski definition) is 3. The summed E-state index contributed by atoms with van der Waals surface area (Å²) in [6.07, 6.45) is 1.80. The molecule has 88 valence electrons. The highest BCUT2D eigenvalue weighted by molar-refractivity contribution is 6.17. The molecular weight excluding hydrogens is 226 g/mol. The van der Waals surface area contributed by atoms with Gasteiger partial charge in [0.05, 0.1) is 5.71 Å². The van der Waals surface area contributed by atoms with Crippen LogP contribution in [0.4, 0.5) is 0 Å². The lowest BCUT2D eigenvalue weighted by Gasteiger charge is -2.00. The molecule has 0 unspecified atom stereocenters. The maximum Gasteiger partial charge on any atom is 0.358 e. The third kappa shape index (κ3) is 1.61. The molecule has 0 amide bonds. The first-order chi connectivity index (χ1) is 8.79. The van der Waals surface area contributed by atoms with E-state index in [0.717, 1.165) is 17.4 Å². The highest BCUT2D eigenvalue weighted by Crippen LogP contribution is 2.30. The lowest BCUT2D eigenvalue weighted by atomic mass is 10.1. The molecule has 0 spiro atoms. The molecule has 2 aromatic rings. The van der Waals surface area contributed by atoms with E-state index in [1.807, 2.05) is 18.2 Å². The quantitative estimate of drug-likeness (QED) is 0.457. The van der Waals surface area contributed by atoms with Crippen molar-refractivity contribution < 1.29 is 9.63 Å². The Hall–Kier alpha value is -2.42. The zero-order valence-corrected chi connectivity index (χ0v) is 9.72. The van der Waals surface area contributed by atoms with Crippen LogP contribution in [0.2, 0.25) is 0 Å². The van der Waals surface area contributed by atoms with E-state index < -0.39 is 5.97 Å². The Morgan fingerprint density at radius 1 is 1.28 bits per heavy atom. The smallest absolute Gasteiger partial charge is 0.313 e. The van der Waals surface area contributed by atoms with E-state index in [4.69, 9.17) is 4.84 Å². The first kappa shape index (κ1) is 10.7. The van der Waals surface area contributed by atoms with Crippen LogP contribution in [0.5, 0.6) is 0 Å². The number of carbonyl (C=O) groups excluding carboxylic acids is 1. The molecule has 0 aromatic heterocycles. The van der Waals surface area contributed by atoms with E-state index in [-0.39, 0.29) is 0 Å². The van der Waals surface area contributed by atoms with Crippen LogP contribution in [0.3, 0.4) is 0 Å². The maximum atomic E-state index is 11.0. The summed E-state index contributed by atoms with van der Waals surface area (Å²) in [5.41, 5.74) is 3.05. The number of rotatable bonds is 2. The van der Waals surface area contributed by atoms with Crippen LogP contribution in [0.1, 0.15) is 11.1 Å². The number of nitrogens with zero attached hydrogens (tertiary/aromatic N) is 1. The van der Waals surface area contributed by atoms with Gasteiger partial charge in [-0.2, -0.15) is 0 Å². The standard InChI is InChI=1S/C15H11NO2/c1-2-14(17)18-16-13-9-11-7-3-5-10-6-4-8-12(13)15(10)11/h2-8H,1,9H2/b16-13-. The van der Waals surface area contributed by atoms with Crippen molar-refractivity contribution in [2.45, 2.75) is 6.42 Å². The fourth-order valence-corrected chi connectivity index (χ4v) is 2.30. The fraction of sp³-hybridized carbons (Fsp3) is 0.0667. The first-order valence-electron chi connectivity index (χ1n) is 5.71. The molecule has 2 aromatic carbocycles. The van der Waals surface area contributed by atoms with E-state index in [0.29, 0.717) is 6.42 Å². The number of benzene rings is 2. The van der Waals surface area contributed by atoms with Crippen molar-refractivity contribution in [3.63, 3.8) is 0 Å². The maximum absolute atomic E-state index is 11.0. The lowest BCUT2D eigenvalue weighted by Crippen LogP contribution is -2.02. The summed E-state index contributed by atoms with van der Waals surface area (Å²) in [6, 6.07) is 12.2. The summed E-state index contributed by atoms with van der Waals surface area (Å²) >= 11 is 0. The second-order valence-corrected chi connectivity index (χ2v) is 4.15. The molecular formula is C15H11NO2. The van der Waals surface area contributed by atoms with Gasteiger partial charge in [0, 0.05) is 18.1 Å². The molecule has 0 fully saturated rings. The van der Waals surface area contributed by atoms with Crippen molar-refractivity contribution >= 4 is 22.5 Å². The Bertz CT molecular complexity index is 681. The Kier molecular flexibility index (Phi) is 2.45. The average molecular weight is 237 g/mol. The first-order valence-corrected chi connectivity index (χ1v) is 5.71. The van der Waals surface area contributed by atoms with Crippen LogP contribution >= 0.6 is 0 Å².